The zero-order valence-electron chi connectivity index (χ0n) is 16.1. The first-order valence-corrected chi connectivity index (χ1v) is 10.4. The predicted molar refractivity (Wildman–Crippen MR) is 111 cm³/mol. The van der Waals surface area contributed by atoms with E-state index in [9.17, 15) is 4.79 Å². The quantitative estimate of drug-likeness (QED) is 0.646. The molecule has 4 rings (SSSR count). The minimum absolute atomic E-state index is 0.0679. The molecule has 1 saturated heterocycles. The largest absolute Gasteiger partial charge is 0.353 e. The van der Waals surface area contributed by atoms with E-state index in [1.54, 1.807) is 10.8 Å². The molecule has 1 aromatic carbocycles. The predicted octanol–water partition coefficient (Wildman–Crippen LogP) is 2.56. The molecular formula is C20H24N6OS. The van der Waals surface area contributed by atoms with Crippen LogP contribution in [0.5, 0.6) is 0 Å². The van der Waals surface area contributed by atoms with Crippen LogP contribution in [-0.4, -0.2) is 50.1 Å². The second-order valence-electron chi connectivity index (χ2n) is 7.31. The molecule has 0 aliphatic carbocycles. The smallest absolute Gasteiger partial charge is 0.224 e. The maximum atomic E-state index is 12.4. The molecule has 1 N–H and O–H groups in total. The molecule has 3 heterocycles. The molecule has 0 bridgehead atoms. The van der Waals surface area contributed by atoms with Gasteiger partial charge < -0.3 is 10.2 Å². The van der Waals surface area contributed by atoms with Crippen LogP contribution in [0.4, 0.5) is 5.82 Å². The van der Waals surface area contributed by atoms with Crippen LogP contribution in [0.2, 0.25) is 0 Å². The van der Waals surface area contributed by atoms with E-state index < -0.39 is 0 Å². The molecule has 0 unspecified atom stereocenters. The van der Waals surface area contributed by atoms with Gasteiger partial charge in [0.15, 0.2) is 5.65 Å². The Labute approximate surface area is 168 Å². The Kier molecular flexibility index (Phi) is 5.47. The van der Waals surface area contributed by atoms with Gasteiger partial charge in [0.25, 0.3) is 0 Å². The second-order valence-corrected chi connectivity index (χ2v) is 8.96. The van der Waals surface area contributed by atoms with Crippen LogP contribution in [0.1, 0.15) is 25.8 Å². The Morgan fingerprint density at radius 2 is 2.07 bits per heavy atom. The first-order chi connectivity index (χ1) is 13.6. The number of benzene rings is 1. The molecule has 1 amide bonds. The molecule has 0 saturated carbocycles. The first-order valence-electron chi connectivity index (χ1n) is 9.54. The van der Waals surface area contributed by atoms with Gasteiger partial charge in [0, 0.05) is 29.3 Å². The highest BCUT2D eigenvalue weighted by atomic mass is 32.2. The van der Waals surface area contributed by atoms with Crippen molar-refractivity contribution in [3.8, 4) is 0 Å². The van der Waals surface area contributed by atoms with Crippen molar-refractivity contribution in [2.24, 2.45) is 0 Å². The van der Waals surface area contributed by atoms with E-state index in [-0.39, 0.29) is 11.9 Å². The summed E-state index contributed by atoms with van der Waals surface area (Å²) < 4.78 is 1.67. The summed E-state index contributed by atoms with van der Waals surface area (Å²) in [5.41, 5.74) is 1.77. The summed E-state index contributed by atoms with van der Waals surface area (Å²) in [5, 5.41) is 16.1. The lowest BCUT2D eigenvalue weighted by molar-refractivity contribution is -0.121. The van der Waals surface area contributed by atoms with Gasteiger partial charge in [-0.1, -0.05) is 26.0 Å². The summed E-state index contributed by atoms with van der Waals surface area (Å²) >= 11 is 1.83. The van der Waals surface area contributed by atoms with E-state index in [0.29, 0.717) is 11.7 Å². The minimum atomic E-state index is 0.0679. The molecule has 1 aliphatic heterocycles. The zero-order valence-corrected chi connectivity index (χ0v) is 16.9. The molecule has 1 fully saturated rings. The third kappa shape index (κ3) is 4.44. The van der Waals surface area contributed by atoms with Gasteiger partial charge in [-0.05, 0) is 36.2 Å². The lowest BCUT2D eigenvalue weighted by Crippen LogP contribution is -2.38. The fourth-order valence-corrected chi connectivity index (χ4v) is 4.23. The number of anilines is 1. The van der Waals surface area contributed by atoms with Gasteiger partial charge in [-0.2, -0.15) is 4.52 Å². The van der Waals surface area contributed by atoms with Crippen molar-refractivity contribution in [2.75, 3.05) is 18.0 Å². The Balaban J connectivity index is 1.30. The molecule has 28 heavy (non-hydrogen) atoms. The number of carbonyl (C=O) groups excluding carboxylic acids is 1. The summed E-state index contributed by atoms with van der Waals surface area (Å²) in [6, 6.07) is 12.3. The highest BCUT2D eigenvalue weighted by molar-refractivity contribution is 7.99. The number of amides is 1. The minimum Gasteiger partial charge on any atom is -0.353 e. The van der Waals surface area contributed by atoms with Crippen molar-refractivity contribution in [1.29, 1.82) is 0 Å². The Hall–Kier alpha value is -2.61. The molecule has 7 nitrogen and oxygen atoms in total. The molecule has 8 heteroatoms. The van der Waals surface area contributed by atoms with E-state index in [2.05, 4.69) is 51.5 Å². The maximum Gasteiger partial charge on any atom is 0.224 e. The number of thioether (sulfide) groups is 1. The third-order valence-corrected chi connectivity index (χ3v) is 5.70. The van der Waals surface area contributed by atoms with E-state index in [4.69, 9.17) is 0 Å². The first kappa shape index (κ1) is 18.7. The van der Waals surface area contributed by atoms with Gasteiger partial charge >= 0.3 is 0 Å². The average molecular weight is 397 g/mol. The summed E-state index contributed by atoms with van der Waals surface area (Å²) in [6.45, 7) is 5.98. The van der Waals surface area contributed by atoms with Gasteiger partial charge in [-0.25, -0.2) is 0 Å². The van der Waals surface area contributed by atoms with Crippen LogP contribution in [0, 0.1) is 0 Å². The molecule has 0 spiro atoms. The average Bonchev–Trinajstić information content (AvgIpc) is 3.31. The number of rotatable bonds is 6. The molecule has 1 atom stereocenters. The van der Waals surface area contributed by atoms with Crippen LogP contribution in [0.15, 0.2) is 47.6 Å². The van der Waals surface area contributed by atoms with Gasteiger partial charge in [-0.3, -0.25) is 4.79 Å². The highest BCUT2D eigenvalue weighted by Crippen LogP contribution is 2.23. The lowest BCUT2D eigenvalue weighted by atomic mass is 10.1. The number of carbonyl (C=O) groups is 1. The third-order valence-electron chi connectivity index (χ3n) is 4.68. The van der Waals surface area contributed by atoms with Crippen molar-refractivity contribution in [2.45, 2.75) is 42.9 Å². The van der Waals surface area contributed by atoms with Crippen molar-refractivity contribution in [1.82, 2.24) is 25.1 Å². The van der Waals surface area contributed by atoms with Crippen LogP contribution >= 0.6 is 11.8 Å². The highest BCUT2D eigenvalue weighted by Gasteiger charge is 2.25. The zero-order chi connectivity index (χ0) is 19.5. The maximum absolute atomic E-state index is 12.4. The van der Waals surface area contributed by atoms with Crippen LogP contribution in [-0.2, 0) is 11.2 Å². The summed E-state index contributed by atoms with van der Waals surface area (Å²) in [5.74, 6) is 0.945. The second kappa shape index (κ2) is 8.18. The van der Waals surface area contributed by atoms with Crippen LogP contribution in [0.25, 0.3) is 5.65 Å². The summed E-state index contributed by atoms with van der Waals surface area (Å²) in [7, 11) is 0. The van der Waals surface area contributed by atoms with Gasteiger partial charge in [0.2, 0.25) is 5.91 Å². The number of hydrogen-bond donors (Lipinski definition) is 1. The molecule has 1 aliphatic rings. The van der Waals surface area contributed by atoms with Crippen molar-refractivity contribution < 1.29 is 4.79 Å². The molecule has 146 valence electrons. The fourth-order valence-electron chi connectivity index (χ4n) is 3.40. The van der Waals surface area contributed by atoms with Gasteiger partial charge in [-0.15, -0.1) is 27.1 Å². The number of hydrogen-bond acceptors (Lipinski definition) is 6. The van der Waals surface area contributed by atoms with E-state index in [1.165, 1.54) is 4.90 Å². The number of nitrogens with one attached hydrogen (secondary N) is 1. The fraction of sp³-hybridized carbons (Fsp3) is 0.400. The van der Waals surface area contributed by atoms with E-state index in [1.807, 2.05) is 36.0 Å². The van der Waals surface area contributed by atoms with Crippen LogP contribution < -0.4 is 10.2 Å². The van der Waals surface area contributed by atoms with Crippen molar-refractivity contribution >= 4 is 29.1 Å². The standard InChI is InChI=1S/C20H24N6OS/c1-14(2)28-17-5-3-15(4-6-17)11-20(27)22-16-9-10-25(12-16)19-8-7-18-23-21-13-26(18)24-19/h3-8,13-14,16H,9-12H2,1-2H3,(H,22,27)/t16-/m0/s1. The normalized spacial score (nSPS) is 16.8. The SMILES string of the molecule is CC(C)Sc1ccc(CC(=O)N[C@H]2CCN(c3ccc4nncn4n3)C2)cc1. The van der Waals surface area contributed by atoms with Crippen LogP contribution in [0.3, 0.4) is 0 Å². The molecular weight excluding hydrogens is 372 g/mol. The Morgan fingerprint density at radius 1 is 1.25 bits per heavy atom. The number of aromatic nitrogens is 4. The van der Waals surface area contributed by atoms with E-state index >= 15 is 0 Å². The Bertz CT molecular complexity index is 955. The Morgan fingerprint density at radius 3 is 2.86 bits per heavy atom. The number of fused-ring (bicyclic) bond motifs is 1. The molecule has 0 radical (unpaired) electrons. The van der Waals surface area contributed by atoms with Gasteiger partial charge in [0.1, 0.15) is 12.1 Å². The van der Waals surface area contributed by atoms with Crippen molar-refractivity contribution in [3.05, 3.63) is 48.3 Å². The summed E-state index contributed by atoms with van der Waals surface area (Å²) in [6.07, 6.45) is 2.92. The molecule has 2 aromatic heterocycles. The number of nitrogens with zero attached hydrogens (tertiary/aromatic N) is 5. The van der Waals surface area contributed by atoms with Crippen molar-refractivity contribution in [3.63, 3.8) is 0 Å². The van der Waals surface area contributed by atoms with Gasteiger partial charge in [0.05, 0.1) is 6.42 Å². The topological polar surface area (TPSA) is 75.4 Å². The molecule has 3 aromatic rings. The summed E-state index contributed by atoms with van der Waals surface area (Å²) in [4.78, 5) is 15.9. The van der Waals surface area contributed by atoms with E-state index in [0.717, 1.165) is 36.5 Å². The monoisotopic (exact) mass is 396 g/mol. The lowest BCUT2D eigenvalue weighted by Gasteiger charge is -2.17.